The smallest absolute Gasteiger partial charge is 0.231 e. The Hall–Kier alpha value is -2.54. The first-order chi connectivity index (χ1) is 12.7. The van der Waals surface area contributed by atoms with E-state index in [4.69, 9.17) is 9.47 Å². The number of fused-ring (bicyclic) bond motifs is 1. The molecule has 1 fully saturated rings. The molecule has 2 aliphatic rings. The lowest BCUT2D eigenvalue weighted by Gasteiger charge is -2.35. The molecular weight excluding hydrogens is 330 g/mol. The van der Waals surface area contributed by atoms with E-state index in [1.54, 1.807) is 0 Å². The van der Waals surface area contributed by atoms with Gasteiger partial charge >= 0.3 is 0 Å². The van der Waals surface area contributed by atoms with Crippen LogP contribution in [0.3, 0.4) is 0 Å². The molecule has 2 aliphatic heterocycles. The molecule has 26 heavy (non-hydrogen) atoms. The SMILES string of the molecule is CCNc1ccnc(N2CCN(Cc3cc4c(cc3C)OCO4)CC2)n1. The first-order valence-corrected chi connectivity index (χ1v) is 9.16. The van der Waals surface area contributed by atoms with Crippen molar-refractivity contribution in [2.45, 2.75) is 20.4 Å². The van der Waals surface area contributed by atoms with Gasteiger partial charge in [0, 0.05) is 45.5 Å². The van der Waals surface area contributed by atoms with Crippen LogP contribution in [0.2, 0.25) is 0 Å². The summed E-state index contributed by atoms with van der Waals surface area (Å²) in [6.07, 6.45) is 1.82. The number of hydrogen-bond donors (Lipinski definition) is 1. The summed E-state index contributed by atoms with van der Waals surface area (Å²) in [4.78, 5) is 13.8. The number of aryl methyl sites for hydroxylation is 1. The van der Waals surface area contributed by atoms with Crippen molar-refractivity contribution >= 4 is 11.8 Å². The number of benzene rings is 1. The Labute approximate surface area is 153 Å². The second kappa shape index (κ2) is 7.37. The van der Waals surface area contributed by atoms with E-state index in [9.17, 15) is 0 Å². The summed E-state index contributed by atoms with van der Waals surface area (Å²) in [5, 5.41) is 3.24. The fourth-order valence-electron chi connectivity index (χ4n) is 3.38. The van der Waals surface area contributed by atoms with E-state index in [2.05, 4.69) is 51.1 Å². The zero-order valence-corrected chi connectivity index (χ0v) is 15.4. The number of piperazine rings is 1. The lowest BCUT2D eigenvalue weighted by Crippen LogP contribution is -2.46. The van der Waals surface area contributed by atoms with Gasteiger partial charge in [-0.2, -0.15) is 4.98 Å². The minimum absolute atomic E-state index is 0.322. The van der Waals surface area contributed by atoms with Crippen LogP contribution in [0, 0.1) is 6.92 Å². The van der Waals surface area contributed by atoms with Crippen molar-refractivity contribution < 1.29 is 9.47 Å². The number of nitrogens with one attached hydrogen (secondary N) is 1. The van der Waals surface area contributed by atoms with Crippen molar-refractivity contribution in [3.63, 3.8) is 0 Å². The molecular formula is C19H25N5O2. The normalized spacial score (nSPS) is 16.8. The number of anilines is 2. The maximum Gasteiger partial charge on any atom is 0.231 e. The van der Waals surface area contributed by atoms with E-state index in [1.165, 1.54) is 11.1 Å². The minimum Gasteiger partial charge on any atom is -0.454 e. The Morgan fingerprint density at radius 1 is 1.12 bits per heavy atom. The molecule has 2 aromatic rings. The lowest BCUT2D eigenvalue weighted by molar-refractivity contribution is 0.174. The fraction of sp³-hybridized carbons (Fsp3) is 0.474. The van der Waals surface area contributed by atoms with Crippen LogP contribution >= 0.6 is 0 Å². The molecule has 4 rings (SSSR count). The van der Waals surface area contributed by atoms with E-state index in [0.29, 0.717) is 6.79 Å². The second-order valence-corrected chi connectivity index (χ2v) is 6.67. The number of nitrogens with zero attached hydrogens (tertiary/aromatic N) is 4. The third kappa shape index (κ3) is 3.53. The van der Waals surface area contributed by atoms with Gasteiger partial charge in [-0.25, -0.2) is 4.98 Å². The molecule has 1 N–H and O–H groups in total. The molecule has 3 heterocycles. The Balaban J connectivity index is 1.37. The number of aromatic nitrogens is 2. The number of ether oxygens (including phenoxy) is 2. The van der Waals surface area contributed by atoms with Crippen LogP contribution in [0.1, 0.15) is 18.1 Å². The van der Waals surface area contributed by atoms with Crippen molar-refractivity contribution in [1.29, 1.82) is 0 Å². The maximum absolute atomic E-state index is 5.52. The zero-order chi connectivity index (χ0) is 17.9. The van der Waals surface area contributed by atoms with Crippen LogP contribution in [0.15, 0.2) is 24.4 Å². The first-order valence-electron chi connectivity index (χ1n) is 9.16. The Bertz CT molecular complexity index is 775. The number of rotatable bonds is 5. The summed E-state index contributed by atoms with van der Waals surface area (Å²) >= 11 is 0. The highest BCUT2D eigenvalue weighted by atomic mass is 16.7. The van der Waals surface area contributed by atoms with Crippen LogP contribution in [-0.2, 0) is 6.54 Å². The van der Waals surface area contributed by atoms with Crippen LogP contribution in [-0.4, -0.2) is 54.4 Å². The van der Waals surface area contributed by atoms with Crippen molar-refractivity contribution in [2.24, 2.45) is 0 Å². The second-order valence-electron chi connectivity index (χ2n) is 6.67. The Kier molecular flexibility index (Phi) is 4.79. The average molecular weight is 355 g/mol. The quantitative estimate of drug-likeness (QED) is 0.883. The van der Waals surface area contributed by atoms with Crippen molar-refractivity contribution in [1.82, 2.24) is 14.9 Å². The average Bonchev–Trinajstić information content (AvgIpc) is 3.10. The highest BCUT2D eigenvalue weighted by Gasteiger charge is 2.21. The van der Waals surface area contributed by atoms with Crippen molar-refractivity contribution in [3.8, 4) is 11.5 Å². The molecule has 0 unspecified atom stereocenters. The molecule has 138 valence electrons. The summed E-state index contributed by atoms with van der Waals surface area (Å²) in [6.45, 7) is 10.1. The summed E-state index contributed by atoms with van der Waals surface area (Å²) < 4.78 is 11.0. The largest absolute Gasteiger partial charge is 0.454 e. The maximum atomic E-state index is 5.52. The lowest BCUT2D eigenvalue weighted by atomic mass is 10.1. The first kappa shape index (κ1) is 16.9. The van der Waals surface area contributed by atoms with Gasteiger partial charge < -0.3 is 19.7 Å². The molecule has 7 heteroatoms. The van der Waals surface area contributed by atoms with Crippen molar-refractivity contribution in [2.75, 3.05) is 49.7 Å². The van der Waals surface area contributed by atoms with Crippen molar-refractivity contribution in [3.05, 3.63) is 35.5 Å². The molecule has 1 saturated heterocycles. The molecule has 0 amide bonds. The van der Waals surface area contributed by atoms with Gasteiger partial charge in [0.15, 0.2) is 11.5 Å². The number of hydrogen-bond acceptors (Lipinski definition) is 7. The summed E-state index contributed by atoms with van der Waals surface area (Å²) in [5.74, 6) is 3.41. The highest BCUT2D eigenvalue weighted by Crippen LogP contribution is 2.35. The topological polar surface area (TPSA) is 62.8 Å². The van der Waals surface area contributed by atoms with E-state index in [-0.39, 0.29) is 0 Å². The fourth-order valence-corrected chi connectivity index (χ4v) is 3.38. The monoisotopic (exact) mass is 355 g/mol. The third-order valence-electron chi connectivity index (χ3n) is 4.88. The van der Waals surface area contributed by atoms with Gasteiger partial charge in [0.25, 0.3) is 0 Å². The van der Waals surface area contributed by atoms with Gasteiger partial charge in [-0.15, -0.1) is 0 Å². The Morgan fingerprint density at radius 3 is 2.65 bits per heavy atom. The molecule has 0 spiro atoms. The molecule has 0 radical (unpaired) electrons. The highest BCUT2D eigenvalue weighted by molar-refractivity contribution is 5.48. The van der Waals surface area contributed by atoms with E-state index >= 15 is 0 Å². The predicted octanol–water partition coefficient (Wildman–Crippen LogP) is 2.27. The van der Waals surface area contributed by atoms with Gasteiger partial charge in [-0.05, 0) is 43.2 Å². The van der Waals surface area contributed by atoms with E-state index in [1.807, 2.05) is 12.3 Å². The van der Waals surface area contributed by atoms with Gasteiger partial charge in [0.05, 0.1) is 0 Å². The molecule has 1 aromatic carbocycles. The van der Waals surface area contributed by atoms with Crippen LogP contribution in [0.25, 0.3) is 0 Å². The minimum atomic E-state index is 0.322. The standard InChI is InChI=1S/C19H25N5O2/c1-3-20-18-4-5-21-19(22-18)24-8-6-23(7-9-24)12-15-11-17-16(10-14(15)2)25-13-26-17/h4-5,10-11H,3,6-9,12-13H2,1-2H3,(H,20,21,22). The van der Waals surface area contributed by atoms with E-state index in [0.717, 1.165) is 62.5 Å². The third-order valence-corrected chi connectivity index (χ3v) is 4.88. The Morgan fingerprint density at radius 2 is 1.88 bits per heavy atom. The van der Waals surface area contributed by atoms with Gasteiger partial charge in [0.1, 0.15) is 5.82 Å². The molecule has 1 aromatic heterocycles. The molecule has 0 saturated carbocycles. The van der Waals surface area contributed by atoms with E-state index < -0.39 is 0 Å². The van der Waals surface area contributed by atoms with Crippen LogP contribution in [0.5, 0.6) is 11.5 Å². The van der Waals surface area contributed by atoms with Crippen LogP contribution < -0.4 is 19.7 Å². The summed E-state index contributed by atoms with van der Waals surface area (Å²) in [5.41, 5.74) is 2.55. The van der Waals surface area contributed by atoms with Gasteiger partial charge in [0.2, 0.25) is 12.7 Å². The molecule has 0 atom stereocenters. The van der Waals surface area contributed by atoms with Gasteiger partial charge in [-0.1, -0.05) is 0 Å². The molecule has 7 nitrogen and oxygen atoms in total. The summed E-state index contributed by atoms with van der Waals surface area (Å²) in [6, 6.07) is 6.10. The molecule has 0 bridgehead atoms. The zero-order valence-electron chi connectivity index (χ0n) is 15.4. The summed E-state index contributed by atoms with van der Waals surface area (Å²) in [7, 11) is 0. The van der Waals surface area contributed by atoms with Crippen LogP contribution in [0.4, 0.5) is 11.8 Å². The molecule has 0 aliphatic carbocycles. The van der Waals surface area contributed by atoms with Gasteiger partial charge in [-0.3, -0.25) is 4.90 Å². The predicted molar refractivity (Wildman–Crippen MR) is 101 cm³/mol.